The van der Waals surface area contributed by atoms with Crippen LogP contribution in [0.15, 0.2) is 78.4 Å². The van der Waals surface area contributed by atoms with Crippen molar-refractivity contribution in [2.24, 2.45) is 0 Å². The quantitative estimate of drug-likeness (QED) is 0.580. The molecule has 1 aliphatic carbocycles. The van der Waals surface area contributed by atoms with Gasteiger partial charge >= 0.3 is 17.1 Å². The first-order chi connectivity index (χ1) is 12.8. The molecule has 2 aliphatic rings. The molecule has 2 aromatic rings. The van der Waals surface area contributed by atoms with Gasteiger partial charge in [-0.05, 0) is 60.7 Å². The third-order valence-electron chi connectivity index (χ3n) is 4.62. The summed E-state index contributed by atoms with van der Waals surface area (Å²) in [6.45, 7) is 3.48. The van der Waals surface area contributed by atoms with Crippen LogP contribution in [-0.2, 0) is 21.8 Å². The Morgan fingerprint density at radius 2 is 1.74 bits per heavy atom. The van der Waals surface area contributed by atoms with Crippen molar-refractivity contribution in [1.82, 2.24) is 4.90 Å². The van der Waals surface area contributed by atoms with Crippen molar-refractivity contribution >= 4 is 11.5 Å². The molecular weight excluding hydrogens is 378 g/mol. The first-order valence-electron chi connectivity index (χ1n) is 9.09. The third kappa shape index (κ3) is 6.21. The molecule has 1 aliphatic heterocycles. The van der Waals surface area contributed by atoms with Crippen LogP contribution in [0.25, 0.3) is 11.5 Å². The molecule has 1 heterocycles. The van der Waals surface area contributed by atoms with E-state index in [1.54, 1.807) is 0 Å². The number of likely N-dealkylation sites (tertiary alicyclic amines) is 1. The molecule has 0 unspecified atom stereocenters. The Morgan fingerprint density at radius 3 is 2.30 bits per heavy atom. The fraction of sp³-hybridized carbons (Fsp3) is 0.261. The summed E-state index contributed by atoms with van der Waals surface area (Å²) >= 11 is 0. The van der Waals surface area contributed by atoms with Gasteiger partial charge in [0, 0.05) is 6.54 Å². The van der Waals surface area contributed by atoms with E-state index in [0.29, 0.717) is 5.22 Å². The summed E-state index contributed by atoms with van der Waals surface area (Å²) in [6.07, 6.45) is 9.23. The average Bonchev–Trinajstić information content (AvgIpc) is 3.45. The second kappa shape index (κ2) is 10.9. The van der Waals surface area contributed by atoms with Crippen LogP contribution in [0.5, 0.6) is 0 Å². The van der Waals surface area contributed by atoms with Crippen molar-refractivity contribution in [1.29, 1.82) is 0 Å². The number of hydrogen-bond donors (Lipinski definition) is 0. The molecule has 142 valence electrons. The summed E-state index contributed by atoms with van der Waals surface area (Å²) in [5.74, 6) is -0.293. The zero-order chi connectivity index (χ0) is 18.2. The second-order valence-corrected chi connectivity index (χ2v) is 6.52. The molecule has 0 saturated carbocycles. The summed E-state index contributed by atoms with van der Waals surface area (Å²) in [5, 5.41) is 13.2. The van der Waals surface area contributed by atoms with Crippen molar-refractivity contribution < 1.29 is 26.9 Å². The maximum atomic E-state index is 11.4. The third-order valence-corrected chi connectivity index (χ3v) is 4.62. The molecule has 1 saturated heterocycles. The van der Waals surface area contributed by atoms with Gasteiger partial charge in [-0.25, -0.2) is 12.1 Å². The van der Waals surface area contributed by atoms with E-state index in [4.69, 9.17) is 4.74 Å². The van der Waals surface area contributed by atoms with Gasteiger partial charge in [0.05, 0.1) is 5.95 Å². The van der Waals surface area contributed by atoms with E-state index in [-0.39, 0.29) is 23.0 Å². The van der Waals surface area contributed by atoms with Crippen LogP contribution in [0, 0.1) is 0 Å². The van der Waals surface area contributed by atoms with Gasteiger partial charge in [0.25, 0.3) is 0 Å². The first-order valence-corrected chi connectivity index (χ1v) is 9.09. The van der Waals surface area contributed by atoms with Gasteiger partial charge in [-0.15, -0.1) is 0 Å². The smallest absolute Gasteiger partial charge is 0.616 e. The van der Waals surface area contributed by atoms with Crippen molar-refractivity contribution in [3.8, 4) is 0 Å². The van der Waals surface area contributed by atoms with Crippen LogP contribution in [0.1, 0.15) is 12.8 Å². The fourth-order valence-corrected chi connectivity index (χ4v) is 3.21. The van der Waals surface area contributed by atoms with Crippen LogP contribution < -0.4 is 15.5 Å². The Hall–Kier alpha value is -2.13. The van der Waals surface area contributed by atoms with E-state index < -0.39 is 0 Å². The maximum Gasteiger partial charge on any atom is 2.00 e. The molecule has 0 aromatic heterocycles. The van der Waals surface area contributed by atoms with Crippen LogP contribution in [0.2, 0.25) is 0 Å². The average molecular weight is 403 g/mol. The van der Waals surface area contributed by atoms with Gasteiger partial charge in [0.15, 0.2) is 0 Å². The molecule has 4 heteroatoms. The van der Waals surface area contributed by atoms with Gasteiger partial charge in [0.1, 0.15) is 0 Å². The molecule has 3 nitrogen and oxygen atoms in total. The minimum absolute atomic E-state index is 0. The zero-order valence-corrected chi connectivity index (χ0v) is 16.7. The Morgan fingerprint density at radius 1 is 1.07 bits per heavy atom. The number of benzene rings is 1. The van der Waals surface area contributed by atoms with Crippen molar-refractivity contribution in [2.45, 2.75) is 12.8 Å². The summed E-state index contributed by atoms with van der Waals surface area (Å²) in [4.78, 5) is 2.50. The molecule has 0 radical (unpaired) electrons. The van der Waals surface area contributed by atoms with Crippen LogP contribution in [-0.4, -0.2) is 31.6 Å². The number of nitrogens with zero attached hydrogens (tertiary/aromatic N) is 1. The van der Waals surface area contributed by atoms with Gasteiger partial charge in [-0.3, -0.25) is 4.90 Å². The Kier molecular flexibility index (Phi) is 8.53. The number of ether oxygens (including phenoxy) is 1. The first kappa shape index (κ1) is 21.2. The van der Waals surface area contributed by atoms with Crippen molar-refractivity contribution in [3.05, 3.63) is 88.8 Å². The molecule has 0 N–H and O–H groups in total. The van der Waals surface area contributed by atoms with Gasteiger partial charge in [-0.2, -0.15) is 18.2 Å². The Labute approximate surface area is 171 Å². The molecule has 4 rings (SSSR count). The maximum absolute atomic E-state index is 11.4. The topological polar surface area (TPSA) is 35.5 Å². The monoisotopic (exact) mass is 403 g/mol. The molecule has 0 bridgehead atoms. The number of rotatable bonds is 3. The minimum atomic E-state index is -0.293. The standard InChI is InChI=1S/C18H21NO2.C5H5.Fe/c1-21-18(20)16-8-6-15(7-9-16)17-5-4-14(12-17)13-19-10-2-3-11-19;1-2-4-5-3-1;/h4-9,12,20H,2-3,10-11,13H2,1H3;1-5H;/q;-1;+2/p-1. The van der Waals surface area contributed by atoms with Crippen LogP contribution in [0.3, 0.4) is 0 Å². The molecule has 0 atom stereocenters. The number of methoxy groups -OCH3 is 1. The predicted octanol–water partition coefficient (Wildman–Crippen LogP) is 1.90. The van der Waals surface area contributed by atoms with Crippen LogP contribution in [0.4, 0.5) is 0 Å². The summed E-state index contributed by atoms with van der Waals surface area (Å²) in [7, 11) is 1.40. The zero-order valence-electron chi connectivity index (χ0n) is 15.6. The summed E-state index contributed by atoms with van der Waals surface area (Å²) in [5.41, 5.74) is 2.57. The van der Waals surface area contributed by atoms with Crippen molar-refractivity contribution in [3.63, 3.8) is 0 Å². The van der Waals surface area contributed by atoms with E-state index >= 15 is 0 Å². The molecule has 1 fully saturated rings. The molecule has 0 spiro atoms. The SMILES string of the molecule is COC([O-])=c1ccc(=C2C=CC(CN3CCCC3)=C2)cc1.[Fe+2].c1cc[cH-]c1. The van der Waals surface area contributed by atoms with E-state index in [2.05, 4.69) is 23.1 Å². The second-order valence-electron chi connectivity index (χ2n) is 6.52. The van der Waals surface area contributed by atoms with Crippen LogP contribution >= 0.6 is 0 Å². The summed E-state index contributed by atoms with van der Waals surface area (Å²) in [6, 6.07) is 17.6. The van der Waals surface area contributed by atoms with E-state index in [1.807, 2.05) is 54.6 Å². The van der Waals surface area contributed by atoms with Gasteiger partial charge < -0.3 is 9.84 Å². The number of hydrogen-bond acceptors (Lipinski definition) is 3. The predicted molar refractivity (Wildman–Crippen MR) is 104 cm³/mol. The molecule has 0 amide bonds. The Balaban J connectivity index is 0.000000379. The fourth-order valence-electron chi connectivity index (χ4n) is 3.21. The van der Waals surface area contributed by atoms with E-state index in [9.17, 15) is 5.11 Å². The number of allylic oxidation sites excluding steroid dienone is 2. The normalized spacial score (nSPS) is 15.6. The minimum Gasteiger partial charge on any atom is -0.616 e. The van der Waals surface area contributed by atoms with E-state index in [1.165, 1.54) is 44.2 Å². The van der Waals surface area contributed by atoms with Gasteiger partial charge in [-0.1, -0.05) is 36.4 Å². The van der Waals surface area contributed by atoms with Gasteiger partial charge in [0.2, 0.25) is 0 Å². The molecule has 27 heavy (non-hydrogen) atoms. The van der Waals surface area contributed by atoms with Crippen molar-refractivity contribution in [2.75, 3.05) is 26.7 Å². The Bertz CT molecular complexity index is 835. The summed E-state index contributed by atoms with van der Waals surface area (Å²) < 4.78 is 4.72. The molecule has 2 aromatic carbocycles. The molecular formula is C23H25FeNO2. The van der Waals surface area contributed by atoms with E-state index in [0.717, 1.165) is 11.8 Å². The largest absolute Gasteiger partial charge is 2.00 e.